The van der Waals surface area contributed by atoms with Gasteiger partial charge in [0.25, 0.3) is 0 Å². The van der Waals surface area contributed by atoms with Gasteiger partial charge in [0.05, 0.1) is 0 Å². The zero-order valence-corrected chi connectivity index (χ0v) is 13.5. The van der Waals surface area contributed by atoms with E-state index in [9.17, 15) is 0 Å². The van der Waals surface area contributed by atoms with E-state index < -0.39 is 0 Å². The third-order valence-electron chi connectivity index (χ3n) is 4.51. The fraction of sp³-hybridized carbons (Fsp3) is 0.667. The van der Waals surface area contributed by atoms with Crippen molar-refractivity contribution < 1.29 is 0 Å². The molecule has 0 saturated heterocycles. The van der Waals surface area contributed by atoms with Crippen LogP contribution in [0.2, 0.25) is 0 Å². The van der Waals surface area contributed by atoms with Crippen LogP contribution >= 0.6 is 0 Å². The van der Waals surface area contributed by atoms with E-state index in [-0.39, 0.29) is 0 Å². The molecule has 0 radical (unpaired) electrons. The largest absolute Gasteiger partial charge is 0.319 e. The van der Waals surface area contributed by atoms with Crippen LogP contribution in [0.15, 0.2) is 18.2 Å². The normalized spacial score (nSPS) is 14.4. The van der Waals surface area contributed by atoms with Crippen molar-refractivity contribution in [2.75, 3.05) is 13.6 Å². The average molecular weight is 261 g/mol. The summed E-state index contributed by atoms with van der Waals surface area (Å²) in [4.78, 5) is 0. The third-order valence-corrected chi connectivity index (χ3v) is 4.51. The van der Waals surface area contributed by atoms with Gasteiger partial charge in [0.15, 0.2) is 0 Å². The summed E-state index contributed by atoms with van der Waals surface area (Å²) in [7, 11) is 2.08. The van der Waals surface area contributed by atoms with Crippen molar-refractivity contribution in [3.63, 3.8) is 0 Å². The van der Waals surface area contributed by atoms with Gasteiger partial charge in [0, 0.05) is 6.54 Å². The van der Waals surface area contributed by atoms with Gasteiger partial charge >= 0.3 is 0 Å². The van der Waals surface area contributed by atoms with E-state index in [2.05, 4.69) is 58.3 Å². The lowest BCUT2D eigenvalue weighted by Crippen LogP contribution is -2.34. The first kappa shape index (κ1) is 16.2. The van der Waals surface area contributed by atoms with E-state index in [1.54, 1.807) is 0 Å². The van der Waals surface area contributed by atoms with Gasteiger partial charge in [-0.3, -0.25) is 0 Å². The molecule has 1 aromatic carbocycles. The third kappa shape index (κ3) is 4.65. The number of rotatable bonds is 8. The molecule has 0 amide bonds. The first-order valence-corrected chi connectivity index (χ1v) is 7.77. The van der Waals surface area contributed by atoms with Crippen molar-refractivity contribution in [3.8, 4) is 0 Å². The highest BCUT2D eigenvalue weighted by Crippen LogP contribution is 2.33. The highest BCUT2D eigenvalue weighted by Gasteiger charge is 2.27. The Morgan fingerprint density at radius 1 is 1.11 bits per heavy atom. The molecular formula is C18H31N. The van der Waals surface area contributed by atoms with Gasteiger partial charge in [-0.25, -0.2) is 0 Å². The summed E-state index contributed by atoms with van der Waals surface area (Å²) in [5.74, 6) is 0. The molecule has 19 heavy (non-hydrogen) atoms. The lowest BCUT2D eigenvalue weighted by molar-refractivity contribution is 0.235. The fourth-order valence-corrected chi connectivity index (χ4v) is 2.94. The monoisotopic (exact) mass is 261 g/mol. The second-order valence-electron chi connectivity index (χ2n) is 6.08. The van der Waals surface area contributed by atoms with Crippen molar-refractivity contribution in [2.45, 2.75) is 59.8 Å². The molecule has 1 atom stereocenters. The Morgan fingerprint density at radius 2 is 1.84 bits per heavy atom. The van der Waals surface area contributed by atoms with Crippen LogP contribution in [-0.4, -0.2) is 13.6 Å². The molecule has 1 aromatic rings. The molecule has 0 aliphatic carbocycles. The Balaban J connectivity index is 2.88. The molecule has 1 heteroatoms. The summed E-state index contributed by atoms with van der Waals surface area (Å²) >= 11 is 0. The minimum atomic E-state index is 0.423. The minimum absolute atomic E-state index is 0.423. The summed E-state index contributed by atoms with van der Waals surface area (Å²) in [6.45, 7) is 10.2. The quantitative estimate of drug-likeness (QED) is 0.718. The molecule has 108 valence electrons. The maximum atomic E-state index is 3.41. The topological polar surface area (TPSA) is 12.0 Å². The van der Waals surface area contributed by atoms with Gasteiger partial charge in [-0.2, -0.15) is 0 Å². The second kappa shape index (κ2) is 7.69. The highest BCUT2D eigenvalue weighted by atomic mass is 14.8. The molecule has 0 aliphatic heterocycles. The Morgan fingerprint density at radius 3 is 2.37 bits per heavy atom. The molecule has 1 nitrogen and oxygen atoms in total. The lowest BCUT2D eigenvalue weighted by Gasteiger charge is -2.33. The van der Waals surface area contributed by atoms with Crippen molar-refractivity contribution >= 4 is 0 Å². The number of nitrogens with one attached hydrogen (secondary N) is 1. The van der Waals surface area contributed by atoms with Gasteiger partial charge in [-0.15, -0.1) is 0 Å². The Hall–Kier alpha value is -0.820. The summed E-state index contributed by atoms with van der Waals surface area (Å²) < 4.78 is 0. The molecule has 0 heterocycles. The predicted molar refractivity (Wildman–Crippen MR) is 85.8 cm³/mol. The van der Waals surface area contributed by atoms with Gasteiger partial charge in [-0.05, 0) is 62.3 Å². The molecule has 1 rings (SSSR count). The molecule has 0 fully saturated rings. The summed E-state index contributed by atoms with van der Waals surface area (Å²) in [6, 6.07) is 6.96. The van der Waals surface area contributed by atoms with Crippen LogP contribution in [0.3, 0.4) is 0 Å². The van der Waals surface area contributed by atoms with Crippen LogP contribution in [0.25, 0.3) is 0 Å². The smallest absolute Gasteiger partial charge is 0.000789 e. The van der Waals surface area contributed by atoms with Crippen molar-refractivity contribution in [1.29, 1.82) is 0 Å². The molecule has 0 aromatic heterocycles. The fourth-order valence-electron chi connectivity index (χ4n) is 2.94. The lowest BCUT2D eigenvalue weighted by atomic mass is 9.75. The number of benzene rings is 1. The summed E-state index contributed by atoms with van der Waals surface area (Å²) in [6.07, 6.45) is 6.40. The standard InChI is InChI=1S/C18H31N/c1-6-8-11-18(7-2,14-19-5)13-17-10-9-15(3)16(4)12-17/h9-10,12,19H,6-8,11,13-14H2,1-5H3. The first-order valence-electron chi connectivity index (χ1n) is 7.77. The zero-order valence-electron chi connectivity index (χ0n) is 13.5. The van der Waals surface area contributed by atoms with E-state index in [4.69, 9.17) is 0 Å². The maximum absolute atomic E-state index is 3.41. The van der Waals surface area contributed by atoms with Gasteiger partial charge < -0.3 is 5.32 Å². The number of hydrogen-bond acceptors (Lipinski definition) is 1. The predicted octanol–water partition coefficient (Wildman–Crippen LogP) is 4.65. The number of unbranched alkanes of at least 4 members (excludes halogenated alkanes) is 1. The van der Waals surface area contributed by atoms with Crippen LogP contribution in [0.5, 0.6) is 0 Å². The second-order valence-corrected chi connectivity index (χ2v) is 6.08. The van der Waals surface area contributed by atoms with Gasteiger partial charge in [-0.1, -0.05) is 44.9 Å². The molecule has 0 bridgehead atoms. The van der Waals surface area contributed by atoms with Crippen LogP contribution in [0, 0.1) is 19.3 Å². The van der Waals surface area contributed by atoms with E-state index in [1.165, 1.54) is 48.8 Å². The molecule has 0 saturated carbocycles. The van der Waals surface area contributed by atoms with Crippen LogP contribution < -0.4 is 5.32 Å². The van der Waals surface area contributed by atoms with E-state index >= 15 is 0 Å². The number of hydrogen-bond donors (Lipinski definition) is 1. The van der Waals surface area contributed by atoms with Gasteiger partial charge in [0.2, 0.25) is 0 Å². The number of aryl methyl sites for hydroxylation is 2. The average Bonchev–Trinajstić information content (AvgIpc) is 2.40. The van der Waals surface area contributed by atoms with Crippen LogP contribution in [0.4, 0.5) is 0 Å². The highest BCUT2D eigenvalue weighted by molar-refractivity contribution is 5.30. The van der Waals surface area contributed by atoms with E-state index in [0.717, 1.165) is 6.54 Å². The zero-order chi connectivity index (χ0) is 14.3. The van der Waals surface area contributed by atoms with Crippen molar-refractivity contribution in [1.82, 2.24) is 5.32 Å². The summed E-state index contributed by atoms with van der Waals surface area (Å²) in [5.41, 5.74) is 4.73. The first-order chi connectivity index (χ1) is 9.06. The van der Waals surface area contributed by atoms with Gasteiger partial charge in [0.1, 0.15) is 0 Å². The molecule has 0 spiro atoms. The Bertz CT molecular complexity index is 383. The van der Waals surface area contributed by atoms with E-state index in [0.29, 0.717) is 5.41 Å². The van der Waals surface area contributed by atoms with Crippen molar-refractivity contribution in [2.24, 2.45) is 5.41 Å². The molecule has 1 N–H and O–H groups in total. The molecule has 0 aliphatic rings. The van der Waals surface area contributed by atoms with E-state index in [1.807, 2.05) is 0 Å². The van der Waals surface area contributed by atoms with Crippen LogP contribution in [0.1, 0.15) is 56.2 Å². The van der Waals surface area contributed by atoms with Crippen molar-refractivity contribution in [3.05, 3.63) is 34.9 Å². The minimum Gasteiger partial charge on any atom is -0.319 e. The van der Waals surface area contributed by atoms with Crippen LogP contribution in [-0.2, 0) is 6.42 Å². The maximum Gasteiger partial charge on any atom is 0.000789 e. The Kier molecular flexibility index (Phi) is 6.57. The molecule has 1 unspecified atom stereocenters. The SMILES string of the molecule is CCCCC(CC)(CNC)Cc1ccc(C)c(C)c1. The molecular weight excluding hydrogens is 230 g/mol. The summed E-state index contributed by atoms with van der Waals surface area (Å²) in [5, 5.41) is 3.41. The Labute approximate surface area is 119 Å².